The van der Waals surface area contributed by atoms with Crippen molar-refractivity contribution in [1.29, 1.82) is 0 Å². The Morgan fingerprint density at radius 1 is 1.03 bits per heavy atom. The van der Waals surface area contributed by atoms with E-state index in [0.717, 1.165) is 17.6 Å². The SMILES string of the molecule is Cc1cn(C(NCC2CCCCC2)(c2ccccc2)C(C)O)c2ccccc12.Cl. The molecule has 0 amide bonds. The highest BCUT2D eigenvalue weighted by atomic mass is 35.5. The van der Waals surface area contributed by atoms with Gasteiger partial charge in [0.1, 0.15) is 5.66 Å². The van der Waals surface area contributed by atoms with Crippen LogP contribution in [0.5, 0.6) is 0 Å². The first-order valence-electron chi connectivity index (χ1n) is 10.7. The van der Waals surface area contributed by atoms with Crippen molar-refractivity contribution >= 4 is 23.3 Å². The standard InChI is InChI=1S/C25H32N2O.ClH/c1-19-18-27(24-16-10-9-15-23(19)24)25(20(2)28,22-13-7-4-8-14-22)26-17-21-11-5-3-6-12-21;/h4,7-10,13-16,18,20-21,26,28H,3,5-6,11-12,17H2,1-2H3;1H. The summed E-state index contributed by atoms with van der Waals surface area (Å²) < 4.78 is 2.26. The fourth-order valence-corrected chi connectivity index (χ4v) is 4.94. The Kier molecular flexibility index (Phi) is 7.05. The Morgan fingerprint density at radius 2 is 1.69 bits per heavy atom. The van der Waals surface area contributed by atoms with E-state index in [4.69, 9.17) is 0 Å². The molecule has 2 aromatic carbocycles. The van der Waals surface area contributed by atoms with Crippen molar-refractivity contribution < 1.29 is 5.11 Å². The number of aromatic nitrogens is 1. The minimum atomic E-state index is -0.688. The summed E-state index contributed by atoms with van der Waals surface area (Å²) in [5.74, 6) is 0.679. The molecule has 0 radical (unpaired) electrons. The Hall–Kier alpha value is -1.81. The van der Waals surface area contributed by atoms with Gasteiger partial charge in [0.2, 0.25) is 0 Å². The van der Waals surface area contributed by atoms with Crippen LogP contribution in [0.4, 0.5) is 0 Å². The molecule has 0 bridgehead atoms. The first-order chi connectivity index (χ1) is 13.6. The number of hydrogen-bond acceptors (Lipinski definition) is 2. The molecular formula is C25H33ClN2O. The lowest BCUT2D eigenvalue weighted by atomic mass is 9.87. The van der Waals surface area contributed by atoms with Gasteiger partial charge in [0, 0.05) is 18.1 Å². The van der Waals surface area contributed by atoms with Crippen LogP contribution < -0.4 is 5.32 Å². The summed E-state index contributed by atoms with van der Waals surface area (Å²) in [4.78, 5) is 0. The predicted octanol–water partition coefficient (Wildman–Crippen LogP) is 5.62. The molecule has 1 aliphatic rings. The van der Waals surface area contributed by atoms with E-state index < -0.39 is 11.8 Å². The number of rotatable bonds is 6. The van der Waals surface area contributed by atoms with Gasteiger partial charge in [-0.2, -0.15) is 0 Å². The second-order valence-corrected chi connectivity index (χ2v) is 8.39. The number of halogens is 1. The highest BCUT2D eigenvalue weighted by Crippen LogP contribution is 2.34. The molecule has 2 N–H and O–H groups in total. The first-order valence-corrected chi connectivity index (χ1v) is 10.7. The molecule has 1 heterocycles. The molecular weight excluding hydrogens is 380 g/mol. The number of benzene rings is 2. The van der Waals surface area contributed by atoms with Crippen LogP contribution in [0.3, 0.4) is 0 Å². The molecule has 29 heavy (non-hydrogen) atoms. The molecule has 0 spiro atoms. The number of aliphatic hydroxyl groups is 1. The predicted molar refractivity (Wildman–Crippen MR) is 124 cm³/mol. The Bertz CT molecular complexity index is 915. The number of fused-ring (bicyclic) bond motifs is 1. The van der Waals surface area contributed by atoms with Crippen LogP contribution in [-0.2, 0) is 5.66 Å². The zero-order chi connectivity index (χ0) is 19.6. The van der Waals surface area contributed by atoms with E-state index in [2.05, 4.69) is 71.5 Å². The maximum absolute atomic E-state index is 11.2. The summed E-state index contributed by atoms with van der Waals surface area (Å²) in [5, 5.41) is 16.3. The van der Waals surface area contributed by atoms with Crippen molar-refractivity contribution in [2.24, 2.45) is 5.92 Å². The molecule has 1 aliphatic carbocycles. The number of nitrogens with zero attached hydrogens (tertiary/aromatic N) is 1. The summed E-state index contributed by atoms with van der Waals surface area (Å²) in [6.45, 7) is 4.98. The van der Waals surface area contributed by atoms with E-state index >= 15 is 0 Å². The van der Waals surface area contributed by atoms with E-state index in [-0.39, 0.29) is 12.4 Å². The van der Waals surface area contributed by atoms with Gasteiger partial charge in [0.25, 0.3) is 0 Å². The van der Waals surface area contributed by atoms with Crippen molar-refractivity contribution in [2.75, 3.05) is 6.54 Å². The monoisotopic (exact) mass is 412 g/mol. The van der Waals surface area contributed by atoms with Crippen molar-refractivity contribution in [1.82, 2.24) is 9.88 Å². The molecule has 2 atom stereocenters. The quantitative estimate of drug-likeness (QED) is 0.551. The molecule has 3 aromatic rings. The van der Waals surface area contributed by atoms with Gasteiger partial charge in [0.15, 0.2) is 0 Å². The largest absolute Gasteiger partial charge is 0.389 e. The molecule has 1 aromatic heterocycles. The zero-order valence-electron chi connectivity index (χ0n) is 17.5. The summed E-state index contributed by atoms with van der Waals surface area (Å²) >= 11 is 0. The summed E-state index contributed by atoms with van der Waals surface area (Å²) in [6.07, 6.45) is 8.17. The van der Waals surface area contributed by atoms with Crippen molar-refractivity contribution in [3.63, 3.8) is 0 Å². The molecule has 4 heteroatoms. The minimum Gasteiger partial charge on any atom is -0.389 e. The van der Waals surface area contributed by atoms with Crippen molar-refractivity contribution in [2.45, 2.75) is 57.7 Å². The Balaban J connectivity index is 0.00000240. The Labute approximate surface area is 180 Å². The van der Waals surface area contributed by atoms with Gasteiger partial charge in [-0.15, -0.1) is 12.4 Å². The maximum atomic E-state index is 11.2. The average molecular weight is 413 g/mol. The van der Waals surface area contributed by atoms with Gasteiger partial charge in [-0.3, -0.25) is 5.32 Å². The molecule has 2 unspecified atom stereocenters. The molecule has 0 saturated heterocycles. The van der Waals surface area contributed by atoms with E-state index in [0.29, 0.717) is 5.92 Å². The fourth-order valence-electron chi connectivity index (χ4n) is 4.94. The molecule has 156 valence electrons. The second-order valence-electron chi connectivity index (χ2n) is 8.39. The van der Waals surface area contributed by atoms with Crippen LogP contribution in [0.15, 0.2) is 60.8 Å². The lowest BCUT2D eigenvalue weighted by molar-refractivity contribution is 0.0487. The highest BCUT2D eigenvalue weighted by Gasteiger charge is 2.40. The van der Waals surface area contributed by atoms with Crippen LogP contribution in [0.2, 0.25) is 0 Å². The van der Waals surface area contributed by atoms with Crippen molar-refractivity contribution in [3.05, 3.63) is 71.9 Å². The normalized spacial score (nSPS) is 18.2. The van der Waals surface area contributed by atoms with Crippen LogP contribution in [0.25, 0.3) is 10.9 Å². The van der Waals surface area contributed by atoms with Gasteiger partial charge < -0.3 is 9.67 Å². The van der Waals surface area contributed by atoms with Crippen LogP contribution in [0, 0.1) is 12.8 Å². The molecule has 0 aliphatic heterocycles. The number of para-hydroxylation sites is 1. The lowest BCUT2D eigenvalue weighted by Gasteiger charge is -2.41. The topological polar surface area (TPSA) is 37.2 Å². The third-order valence-electron chi connectivity index (χ3n) is 6.49. The molecule has 4 rings (SSSR count). The number of aryl methyl sites for hydroxylation is 1. The summed E-state index contributed by atoms with van der Waals surface area (Å²) in [5.41, 5.74) is 2.80. The average Bonchev–Trinajstić information content (AvgIpc) is 3.07. The van der Waals surface area contributed by atoms with E-state index in [9.17, 15) is 5.11 Å². The van der Waals surface area contributed by atoms with E-state index in [1.54, 1.807) is 0 Å². The van der Waals surface area contributed by atoms with Gasteiger partial charge in [-0.25, -0.2) is 0 Å². The fraction of sp³-hybridized carbons (Fsp3) is 0.440. The third kappa shape index (κ3) is 4.09. The van der Waals surface area contributed by atoms with E-state index in [1.165, 1.54) is 43.1 Å². The minimum absolute atomic E-state index is 0. The van der Waals surface area contributed by atoms with Crippen LogP contribution in [0.1, 0.15) is 50.2 Å². The van der Waals surface area contributed by atoms with Gasteiger partial charge in [0.05, 0.1) is 11.6 Å². The third-order valence-corrected chi connectivity index (χ3v) is 6.49. The van der Waals surface area contributed by atoms with Gasteiger partial charge in [-0.05, 0) is 49.8 Å². The smallest absolute Gasteiger partial charge is 0.147 e. The summed E-state index contributed by atoms with van der Waals surface area (Å²) in [6, 6.07) is 18.9. The van der Waals surface area contributed by atoms with Crippen LogP contribution >= 0.6 is 12.4 Å². The number of hydrogen-bond donors (Lipinski definition) is 2. The molecule has 1 saturated carbocycles. The zero-order valence-corrected chi connectivity index (χ0v) is 18.3. The lowest BCUT2D eigenvalue weighted by Crippen LogP contribution is -2.57. The van der Waals surface area contributed by atoms with Crippen molar-refractivity contribution in [3.8, 4) is 0 Å². The van der Waals surface area contributed by atoms with E-state index in [1.807, 2.05) is 13.0 Å². The maximum Gasteiger partial charge on any atom is 0.147 e. The van der Waals surface area contributed by atoms with Gasteiger partial charge >= 0.3 is 0 Å². The highest BCUT2D eigenvalue weighted by molar-refractivity contribution is 5.85. The molecule has 3 nitrogen and oxygen atoms in total. The number of nitrogens with one attached hydrogen (secondary N) is 1. The first kappa shape index (κ1) is 21.9. The van der Waals surface area contributed by atoms with Crippen LogP contribution in [-0.4, -0.2) is 22.3 Å². The Morgan fingerprint density at radius 3 is 2.38 bits per heavy atom. The summed E-state index contributed by atoms with van der Waals surface area (Å²) in [7, 11) is 0. The number of aliphatic hydroxyl groups excluding tert-OH is 1. The van der Waals surface area contributed by atoms with Gasteiger partial charge in [-0.1, -0.05) is 67.8 Å². The second kappa shape index (κ2) is 9.34. The molecule has 1 fully saturated rings.